The van der Waals surface area contributed by atoms with Crippen molar-refractivity contribution in [2.75, 3.05) is 5.32 Å². The summed E-state index contributed by atoms with van der Waals surface area (Å²) in [4.78, 5) is 25.8. The van der Waals surface area contributed by atoms with Gasteiger partial charge in [0.25, 0.3) is 5.91 Å². The van der Waals surface area contributed by atoms with Crippen molar-refractivity contribution in [2.45, 2.75) is 0 Å². The molecule has 5 nitrogen and oxygen atoms in total. The van der Waals surface area contributed by atoms with Gasteiger partial charge in [-0.05, 0) is 30.3 Å². The number of carbonyl (C=O) groups is 2. The first kappa shape index (κ1) is 13.6. The van der Waals surface area contributed by atoms with Crippen molar-refractivity contribution < 1.29 is 18.4 Å². The van der Waals surface area contributed by atoms with Crippen molar-refractivity contribution in [2.24, 2.45) is 5.73 Å². The molecule has 2 rings (SSSR count). The molecule has 102 valence electrons. The molecule has 0 radical (unpaired) electrons. The van der Waals surface area contributed by atoms with Gasteiger partial charge in [-0.3, -0.25) is 9.59 Å². The van der Waals surface area contributed by atoms with E-state index in [-0.39, 0.29) is 16.8 Å². The average Bonchev–Trinajstić information content (AvgIpc) is 2.42. The average molecular weight is 277 g/mol. The number of hydrogen-bond acceptors (Lipinski definition) is 3. The number of primary amides is 1. The van der Waals surface area contributed by atoms with Crippen LogP contribution in [0.4, 0.5) is 14.5 Å². The van der Waals surface area contributed by atoms with Crippen molar-refractivity contribution in [3.05, 3.63) is 59.4 Å². The van der Waals surface area contributed by atoms with E-state index >= 15 is 0 Å². The summed E-state index contributed by atoms with van der Waals surface area (Å²) in [6.45, 7) is 0. The van der Waals surface area contributed by atoms with Gasteiger partial charge < -0.3 is 11.1 Å². The van der Waals surface area contributed by atoms with Crippen LogP contribution in [-0.4, -0.2) is 16.8 Å². The summed E-state index contributed by atoms with van der Waals surface area (Å²) >= 11 is 0. The number of aromatic nitrogens is 1. The Morgan fingerprint density at radius 1 is 1.10 bits per heavy atom. The van der Waals surface area contributed by atoms with Gasteiger partial charge in [-0.15, -0.1) is 0 Å². The molecule has 1 aromatic carbocycles. The molecule has 0 aliphatic carbocycles. The number of benzene rings is 1. The Bertz CT molecular complexity index is 689. The lowest BCUT2D eigenvalue weighted by molar-refractivity contribution is 0.1000. The Morgan fingerprint density at radius 2 is 1.80 bits per heavy atom. The van der Waals surface area contributed by atoms with Crippen molar-refractivity contribution in [1.82, 2.24) is 4.98 Å². The predicted octanol–water partition coefficient (Wildman–Crippen LogP) is 1.71. The third kappa shape index (κ3) is 2.94. The van der Waals surface area contributed by atoms with E-state index in [0.717, 1.165) is 12.1 Å². The van der Waals surface area contributed by atoms with Gasteiger partial charge >= 0.3 is 0 Å². The number of nitrogens with two attached hydrogens (primary N) is 1. The number of nitrogens with zero attached hydrogens (tertiary/aromatic N) is 1. The zero-order valence-corrected chi connectivity index (χ0v) is 10.1. The van der Waals surface area contributed by atoms with Gasteiger partial charge in [0.2, 0.25) is 17.8 Å². The molecule has 7 heteroatoms. The summed E-state index contributed by atoms with van der Waals surface area (Å²) in [5.41, 5.74) is 5.09. The van der Waals surface area contributed by atoms with Crippen molar-refractivity contribution in [3.63, 3.8) is 0 Å². The first-order chi connectivity index (χ1) is 9.47. The van der Waals surface area contributed by atoms with Gasteiger partial charge in [-0.2, -0.15) is 13.8 Å². The Kier molecular flexibility index (Phi) is 3.69. The Balaban J connectivity index is 2.24. The monoisotopic (exact) mass is 277 g/mol. The molecule has 0 spiro atoms. The minimum absolute atomic E-state index is 0.116. The number of rotatable bonds is 3. The topological polar surface area (TPSA) is 85.1 Å². The molecule has 0 aliphatic rings. The minimum Gasteiger partial charge on any atom is -0.366 e. The molecular weight excluding hydrogens is 268 g/mol. The van der Waals surface area contributed by atoms with Gasteiger partial charge in [-0.1, -0.05) is 6.07 Å². The van der Waals surface area contributed by atoms with Crippen LogP contribution in [-0.2, 0) is 0 Å². The number of amides is 2. The molecule has 3 N–H and O–H groups in total. The fraction of sp³-hybridized carbons (Fsp3) is 0. The van der Waals surface area contributed by atoms with Crippen LogP contribution in [0.15, 0.2) is 36.4 Å². The highest BCUT2D eigenvalue weighted by Gasteiger charge is 2.12. The molecule has 0 bridgehead atoms. The van der Waals surface area contributed by atoms with Crippen LogP contribution in [0.5, 0.6) is 0 Å². The summed E-state index contributed by atoms with van der Waals surface area (Å²) in [5.74, 6) is -3.48. The Morgan fingerprint density at radius 3 is 2.45 bits per heavy atom. The van der Waals surface area contributed by atoms with Crippen LogP contribution in [0.1, 0.15) is 20.7 Å². The normalized spacial score (nSPS) is 10.1. The molecule has 1 heterocycles. The van der Waals surface area contributed by atoms with Crippen LogP contribution in [0.2, 0.25) is 0 Å². The molecule has 0 atom stereocenters. The lowest BCUT2D eigenvalue weighted by Crippen LogP contribution is -2.16. The van der Waals surface area contributed by atoms with Crippen molar-refractivity contribution in [3.8, 4) is 0 Å². The number of halogens is 2. The van der Waals surface area contributed by atoms with Gasteiger partial charge in [-0.25, -0.2) is 0 Å². The van der Waals surface area contributed by atoms with Gasteiger partial charge in [0, 0.05) is 11.1 Å². The predicted molar refractivity (Wildman–Crippen MR) is 67.1 cm³/mol. The largest absolute Gasteiger partial charge is 0.366 e. The summed E-state index contributed by atoms with van der Waals surface area (Å²) in [7, 11) is 0. The lowest BCUT2D eigenvalue weighted by Gasteiger charge is -2.06. The molecule has 20 heavy (non-hydrogen) atoms. The van der Waals surface area contributed by atoms with E-state index in [0.29, 0.717) is 0 Å². The van der Waals surface area contributed by atoms with E-state index in [1.165, 1.54) is 24.3 Å². The van der Waals surface area contributed by atoms with E-state index < -0.39 is 23.7 Å². The number of nitrogens with one attached hydrogen (secondary N) is 1. The molecule has 2 aromatic rings. The molecule has 1 aromatic heterocycles. The van der Waals surface area contributed by atoms with Crippen LogP contribution < -0.4 is 11.1 Å². The third-order valence-corrected chi connectivity index (χ3v) is 2.47. The van der Waals surface area contributed by atoms with Gasteiger partial charge in [0.15, 0.2) is 0 Å². The maximum absolute atomic E-state index is 13.3. The SMILES string of the molecule is NC(=O)c1cccc(C(=O)Nc2ccc(F)nc2F)c1. The fourth-order valence-electron chi connectivity index (χ4n) is 1.51. The molecule has 2 amide bonds. The smallest absolute Gasteiger partial charge is 0.255 e. The van der Waals surface area contributed by atoms with E-state index in [2.05, 4.69) is 10.3 Å². The highest BCUT2D eigenvalue weighted by molar-refractivity contribution is 6.05. The third-order valence-electron chi connectivity index (χ3n) is 2.47. The first-order valence-corrected chi connectivity index (χ1v) is 5.50. The first-order valence-electron chi connectivity index (χ1n) is 5.50. The number of anilines is 1. The van der Waals surface area contributed by atoms with E-state index in [1.807, 2.05) is 0 Å². The standard InChI is InChI=1S/C13H9F2N3O2/c14-10-5-4-9(11(15)18-10)17-13(20)8-3-1-2-7(6-8)12(16)19/h1-6H,(H2,16,19)(H,17,20). The Labute approximate surface area is 112 Å². The molecule has 0 fully saturated rings. The van der Waals surface area contributed by atoms with Gasteiger partial charge in [0.05, 0.1) is 5.69 Å². The summed E-state index contributed by atoms with van der Waals surface area (Å²) in [5, 5.41) is 2.22. The molecular formula is C13H9F2N3O2. The second-order valence-electron chi connectivity index (χ2n) is 3.87. The van der Waals surface area contributed by atoms with Crippen LogP contribution in [0, 0.1) is 11.9 Å². The maximum atomic E-state index is 13.3. The van der Waals surface area contributed by atoms with E-state index in [4.69, 9.17) is 5.73 Å². The fourth-order valence-corrected chi connectivity index (χ4v) is 1.51. The quantitative estimate of drug-likeness (QED) is 0.837. The zero-order chi connectivity index (χ0) is 14.7. The van der Waals surface area contributed by atoms with Crippen molar-refractivity contribution >= 4 is 17.5 Å². The number of hydrogen-bond donors (Lipinski definition) is 2. The molecule has 0 saturated carbocycles. The second-order valence-corrected chi connectivity index (χ2v) is 3.87. The number of carbonyl (C=O) groups excluding carboxylic acids is 2. The van der Waals surface area contributed by atoms with E-state index in [9.17, 15) is 18.4 Å². The maximum Gasteiger partial charge on any atom is 0.255 e. The Hall–Kier alpha value is -2.83. The van der Waals surface area contributed by atoms with E-state index in [1.54, 1.807) is 0 Å². The van der Waals surface area contributed by atoms with Crippen LogP contribution in [0.25, 0.3) is 0 Å². The summed E-state index contributed by atoms with van der Waals surface area (Å²) in [6.07, 6.45) is 0. The molecule has 0 unspecified atom stereocenters. The van der Waals surface area contributed by atoms with Gasteiger partial charge in [0.1, 0.15) is 0 Å². The lowest BCUT2D eigenvalue weighted by atomic mass is 10.1. The zero-order valence-electron chi connectivity index (χ0n) is 10.1. The number of pyridine rings is 1. The molecule has 0 saturated heterocycles. The summed E-state index contributed by atoms with van der Waals surface area (Å²) < 4.78 is 25.9. The highest BCUT2D eigenvalue weighted by Crippen LogP contribution is 2.14. The molecule has 0 aliphatic heterocycles. The van der Waals surface area contributed by atoms with Crippen molar-refractivity contribution in [1.29, 1.82) is 0 Å². The highest BCUT2D eigenvalue weighted by atomic mass is 19.1. The van der Waals surface area contributed by atoms with Crippen LogP contribution in [0.3, 0.4) is 0 Å². The van der Waals surface area contributed by atoms with Crippen LogP contribution >= 0.6 is 0 Å². The second kappa shape index (κ2) is 5.43. The minimum atomic E-state index is -1.13. The summed E-state index contributed by atoms with van der Waals surface area (Å²) in [6, 6.07) is 7.57.